The Morgan fingerprint density at radius 3 is 2.67 bits per heavy atom. The summed E-state index contributed by atoms with van der Waals surface area (Å²) in [5.41, 5.74) is -0.276. The van der Waals surface area contributed by atoms with Crippen molar-refractivity contribution in [3.8, 4) is 0 Å². The third-order valence-electron chi connectivity index (χ3n) is 3.95. The van der Waals surface area contributed by atoms with Crippen molar-refractivity contribution in [2.45, 2.75) is 51.2 Å². The van der Waals surface area contributed by atoms with E-state index in [1.807, 2.05) is 13.8 Å². The number of carbonyl (C=O) groups is 1. The molecular formula is C14H25NO3. The maximum atomic E-state index is 12.2. The van der Waals surface area contributed by atoms with Crippen LogP contribution in [0, 0.1) is 5.92 Å². The fourth-order valence-electron chi connectivity index (χ4n) is 3.23. The van der Waals surface area contributed by atoms with Crippen molar-refractivity contribution in [3.63, 3.8) is 0 Å². The second-order valence-corrected chi connectivity index (χ2v) is 6.30. The van der Waals surface area contributed by atoms with E-state index in [9.17, 15) is 9.90 Å². The number of carbonyl (C=O) groups excluding carboxylic acids is 1. The van der Waals surface area contributed by atoms with Crippen molar-refractivity contribution in [2.75, 3.05) is 26.2 Å². The average Bonchev–Trinajstić information content (AvgIpc) is 2.80. The molecule has 0 spiro atoms. The molecule has 1 saturated heterocycles. The van der Waals surface area contributed by atoms with E-state index in [2.05, 4.69) is 4.90 Å². The van der Waals surface area contributed by atoms with Crippen LogP contribution in [0.5, 0.6) is 0 Å². The van der Waals surface area contributed by atoms with Gasteiger partial charge in [0.05, 0.1) is 24.9 Å². The fourth-order valence-corrected chi connectivity index (χ4v) is 3.23. The van der Waals surface area contributed by atoms with Crippen molar-refractivity contribution in [3.05, 3.63) is 0 Å². The number of ketones is 1. The van der Waals surface area contributed by atoms with E-state index in [1.165, 1.54) is 12.8 Å². The van der Waals surface area contributed by atoms with Gasteiger partial charge in [0.2, 0.25) is 0 Å². The predicted octanol–water partition coefficient (Wildman–Crippen LogP) is 1.22. The number of hydrogen-bond acceptors (Lipinski definition) is 4. The van der Waals surface area contributed by atoms with E-state index < -0.39 is 0 Å². The topological polar surface area (TPSA) is 49.8 Å². The van der Waals surface area contributed by atoms with Crippen LogP contribution in [-0.2, 0) is 9.53 Å². The number of aliphatic hydroxyl groups excluding tert-OH is 1. The zero-order chi connectivity index (χ0) is 13.2. The Morgan fingerprint density at radius 1 is 1.39 bits per heavy atom. The lowest BCUT2D eigenvalue weighted by Crippen LogP contribution is -2.55. The van der Waals surface area contributed by atoms with Gasteiger partial charge >= 0.3 is 0 Å². The summed E-state index contributed by atoms with van der Waals surface area (Å²) in [5.74, 6) is 0.658. The second-order valence-electron chi connectivity index (χ2n) is 6.30. The minimum Gasteiger partial charge on any atom is -0.394 e. The monoisotopic (exact) mass is 255 g/mol. The third kappa shape index (κ3) is 3.53. The lowest BCUT2D eigenvalue weighted by atomic mass is 10.00. The van der Waals surface area contributed by atoms with Crippen molar-refractivity contribution < 1.29 is 14.6 Å². The van der Waals surface area contributed by atoms with Gasteiger partial charge in [-0.25, -0.2) is 0 Å². The molecule has 0 radical (unpaired) electrons. The molecule has 1 heterocycles. The van der Waals surface area contributed by atoms with Crippen LogP contribution >= 0.6 is 0 Å². The Bertz CT molecular complexity index is 297. The molecule has 4 heteroatoms. The average molecular weight is 255 g/mol. The zero-order valence-electron chi connectivity index (χ0n) is 11.5. The quantitative estimate of drug-likeness (QED) is 0.820. The van der Waals surface area contributed by atoms with Gasteiger partial charge in [-0.3, -0.25) is 9.69 Å². The molecule has 4 nitrogen and oxygen atoms in total. The first-order valence-electron chi connectivity index (χ1n) is 7.04. The number of ether oxygens (including phenoxy) is 1. The Kier molecular flexibility index (Phi) is 4.41. The Hall–Kier alpha value is -0.450. The largest absolute Gasteiger partial charge is 0.394 e. The first-order valence-corrected chi connectivity index (χ1v) is 7.04. The summed E-state index contributed by atoms with van der Waals surface area (Å²) in [6, 6.07) is 0. The van der Waals surface area contributed by atoms with Crippen LogP contribution in [0.2, 0.25) is 0 Å². The number of hydrogen-bond donors (Lipinski definition) is 1. The van der Waals surface area contributed by atoms with Gasteiger partial charge in [0.15, 0.2) is 0 Å². The zero-order valence-corrected chi connectivity index (χ0v) is 11.5. The molecule has 2 rings (SSSR count). The highest BCUT2D eigenvalue weighted by molar-refractivity contribution is 5.83. The van der Waals surface area contributed by atoms with E-state index in [0.29, 0.717) is 18.9 Å². The van der Waals surface area contributed by atoms with Gasteiger partial charge < -0.3 is 9.84 Å². The van der Waals surface area contributed by atoms with Gasteiger partial charge in [0.25, 0.3) is 0 Å². The lowest BCUT2D eigenvalue weighted by Gasteiger charge is -2.42. The fraction of sp³-hybridized carbons (Fsp3) is 0.929. The summed E-state index contributed by atoms with van der Waals surface area (Å²) in [6.07, 6.45) is 4.37. The third-order valence-corrected chi connectivity index (χ3v) is 3.95. The highest BCUT2D eigenvalue weighted by Gasteiger charge is 2.34. The normalized spacial score (nSPS) is 29.6. The summed E-state index contributed by atoms with van der Waals surface area (Å²) in [6.45, 7) is 6.01. The number of Topliss-reactive ketones (excluding diaryl/α,β-unsaturated/α-hetero) is 1. The molecule has 0 aromatic rings. The molecule has 104 valence electrons. The van der Waals surface area contributed by atoms with E-state index in [-0.39, 0.29) is 24.2 Å². The van der Waals surface area contributed by atoms with Crippen LogP contribution in [0.3, 0.4) is 0 Å². The van der Waals surface area contributed by atoms with E-state index in [4.69, 9.17) is 4.74 Å². The molecule has 0 aromatic carbocycles. The standard InChI is InChI=1S/C14H25NO3/c1-14(2)10-15(7-12(9-16)18-14)8-13(17)11-5-3-4-6-11/h11-12,16H,3-10H2,1-2H3. The molecule has 1 aliphatic carbocycles. The second kappa shape index (κ2) is 5.68. The SMILES string of the molecule is CC1(C)CN(CC(=O)C2CCCC2)CC(CO)O1. The minimum absolute atomic E-state index is 0.0253. The minimum atomic E-state index is -0.276. The predicted molar refractivity (Wildman–Crippen MR) is 69.4 cm³/mol. The summed E-state index contributed by atoms with van der Waals surface area (Å²) in [5, 5.41) is 9.25. The van der Waals surface area contributed by atoms with Gasteiger partial charge in [-0.1, -0.05) is 12.8 Å². The van der Waals surface area contributed by atoms with Gasteiger partial charge in [-0.2, -0.15) is 0 Å². The number of morpholine rings is 1. The van der Waals surface area contributed by atoms with Crippen molar-refractivity contribution in [2.24, 2.45) is 5.92 Å². The number of nitrogens with zero attached hydrogens (tertiary/aromatic N) is 1. The van der Waals surface area contributed by atoms with Gasteiger partial charge in [-0.05, 0) is 26.7 Å². The highest BCUT2D eigenvalue weighted by Crippen LogP contribution is 2.27. The molecule has 0 aromatic heterocycles. The maximum Gasteiger partial charge on any atom is 0.149 e. The summed E-state index contributed by atoms with van der Waals surface area (Å²) >= 11 is 0. The van der Waals surface area contributed by atoms with Crippen LogP contribution in [0.15, 0.2) is 0 Å². The molecule has 2 fully saturated rings. The van der Waals surface area contributed by atoms with Gasteiger partial charge in [0.1, 0.15) is 5.78 Å². The van der Waals surface area contributed by atoms with Gasteiger partial charge in [-0.15, -0.1) is 0 Å². The molecule has 18 heavy (non-hydrogen) atoms. The molecule has 1 unspecified atom stereocenters. The Labute approximate surface area is 109 Å². The lowest BCUT2D eigenvalue weighted by molar-refractivity contribution is -0.153. The molecular weight excluding hydrogens is 230 g/mol. The van der Waals surface area contributed by atoms with E-state index >= 15 is 0 Å². The Balaban J connectivity index is 1.89. The smallest absolute Gasteiger partial charge is 0.149 e. The first-order chi connectivity index (χ1) is 8.50. The summed E-state index contributed by atoms with van der Waals surface area (Å²) in [4.78, 5) is 14.3. The van der Waals surface area contributed by atoms with Crippen molar-refractivity contribution in [1.82, 2.24) is 4.90 Å². The molecule has 2 aliphatic rings. The molecule has 1 aliphatic heterocycles. The summed E-state index contributed by atoms with van der Waals surface area (Å²) < 4.78 is 5.76. The first kappa shape index (κ1) is 14.0. The molecule has 0 bridgehead atoms. The Morgan fingerprint density at radius 2 is 2.06 bits per heavy atom. The van der Waals surface area contributed by atoms with E-state index in [1.54, 1.807) is 0 Å². The summed E-state index contributed by atoms with van der Waals surface area (Å²) in [7, 11) is 0. The van der Waals surface area contributed by atoms with Crippen LogP contribution in [-0.4, -0.2) is 53.7 Å². The molecule has 1 N–H and O–H groups in total. The highest BCUT2D eigenvalue weighted by atomic mass is 16.5. The number of rotatable bonds is 4. The van der Waals surface area contributed by atoms with Crippen LogP contribution in [0.25, 0.3) is 0 Å². The number of aliphatic hydroxyl groups is 1. The van der Waals surface area contributed by atoms with Crippen molar-refractivity contribution >= 4 is 5.78 Å². The van der Waals surface area contributed by atoms with Gasteiger partial charge in [0, 0.05) is 19.0 Å². The molecule has 1 atom stereocenters. The van der Waals surface area contributed by atoms with Crippen LogP contribution < -0.4 is 0 Å². The molecule has 1 saturated carbocycles. The molecule has 0 amide bonds. The van der Waals surface area contributed by atoms with E-state index in [0.717, 1.165) is 19.4 Å². The van der Waals surface area contributed by atoms with Crippen LogP contribution in [0.4, 0.5) is 0 Å². The van der Waals surface area contributed by atoms with Crippen LogP contribution in [0.1, 0.15) is 39.5 Å². The van der Waals surface area contributed by atoms with Crippen molar-refractivity contribution in [1.29, 1.82) is 0 Å². The maximum absolute atomic E-state index is 12.2.